The van der Waals surface area contributed by atoms with E-state index in [1.807, 2.05) is 0 Å². The molecule has 0 aromatic carbocycles. The molecule has 2 rings (SSSR count). The minimum absolute atomic E-state index is 0.00409. The van der Waals surface area contributed by atoms with Gasteiger partial charge in [-0.1, -0.05) is 0 Å². The average molecular weight is 785 g/mol. The van der Waals surface area contributed by atoms with Crippen molar-refractivity contribution in [3.63, 3.8) is 0 Å². The molecule has 2 heterocycles. The Kier molecular flexibility index (Phi) is 18.3. The van der Waals surface area contributed by atoms with E-state index in [0.29, 0.717) is 18.5 Å². The number of aliphatic carboxylic acids is 1. The Labute approximate surface area is 315 Å². The number of aliphatic hydroxyl groups is 4. The Balaban J connectivity index is 2.16. The Morgan fingerprint density at radius 2 is 1.49 bits per heavy atom. The summed E-state index contributed by atoms with van der Waals surface area (Å²) in [6, 6.07) is -10.5. The highest BCUT2D eigenvalue weighted by Gasteiger charge is 2.40. The van der Waals surface area contributed by atoms with Crippen LogP contribution in [0.2, 0.25) is 0 Å². The van der Waals surface area contributed by atoms with E-state index in [9.17, 15) is 59.1 Å². The van der Waals surface area contributed by atoms with Crippen molar-refractivity contribution in [3.05, 3.63) is 18.2 Å². The fourth-order valence-corrected chi connectivity index (χ4v) is 5.47. The first-order chi connectivity index (χ1) is 25.9. The van der Waals surface area contributed by atoms with Gasteiger partial charge >= 0.3 is 5.97 Å². The van der Waals surface area contributed by atoms with Gasteiger partial charge in [0.25, 0.3) is 0 Å². The summed E-state index contributed by atoms with van der Waals surface area (Å²) in [6.45, 7) is 0.568. The number of nitrogens with one attached hydrogen (secondary N) is 6. The summed E-state index contributed by atoms with van der Waals surface area (Å²) in [7, 11) is 0. The van der Waals surface area contributed by atoms with E-state index in [1.165, 1.54) is 19.4 Å². The number of carboxylic acids is 1. The number of aliphatic imine (C=N–C) groups is 1. The number of imidazole rings is 1. The van der Waals surface area contributed by atoms with Gasteiger partial charge < -0.3 is 79.2 Å². The molecular formula is C31H52N12O12. The maximum Gasteiger partial charge on any atom is 0.328 e. The Morgan fingerprint density at radius 3 is 2.04 bits per heavy atom. The minimum atomic E-state index is -1.75. The maximum atomic E-state index is 13.5. The van der Waals surface area contributed by atoms with E-state index in [0.717, 1.165) is 11.8 Å². The van der Waals surface area contributed by atoms with Crippen LogP contribution >= 0.6 is 0 Å². The molecule has 55 heavy (non-hydrogen) atoms. The monoisotopic (exact) mass is 784 g/mol. The summed E-state index contributed by atoms with van der Waals surface area (Å²) in [5.41, 5.74) is 16.8. The number of hydrogen-bond acceptors (Lipinski definition) is 14. The summed E-state index contributed by atoms with van der Waals surface area (Å²) < 4.78 is 0. The van der Waals surface area contributed by atoms with E-state index < -0.39 is 109 Å². The third kappa shape index (κ3) is 14.1. The van der Waals surface area contributed by atoms with Crippen LogP contribution < -0.4 is 43.8 Å². The fourth-order valence-electron chi connectivity index (χ4n) is 5.47. The fraction of sp³-hybridized carbons (Fsp3) is 0.645. The topological polar surface area (TPSA) is 403 Å². The lowest BCUT2D eigenvalue weighted by Crippen LogP contribution is -2.62. The van der Waals surface area contributed by atoms with Gasteiger partial charge in [-0.05, 0) is 39.5 Å². The average Bonchev–Trinajstić information content (AvgIpc) is 3.84. The largest absolute Gasteiger partial charge is 0.480 e. The smallest absolute Gasteiger partial charge is 0.328 e. The number of carboxylic acid groups (broad SMARTS) is 1. The summed E-state index contributed by atoms with van der Waals surface area (Å²) in [4.78, 5) is 102. The molecule has 1 aromatic heterocycles. The number of nitrogens with two attached hydrogens (primary N) is 3. The van der Waals surface area contributed by atoms with E-state index in [-0.39, 0.29) is 38.3 Å². The van der Waals surface area contributed by atoms with E-state index in [2.05, 4.69) is 41.5 Å². The van der Waals surface area contributed by atoms with Gasteiger partial charge in [0.05, 0.1) is 37.8 Å². The van der Waals surface area contributed by atoms with Crippen molar-refractivity contribution < 1.29 is 59.1 Å². The van der Waals surface area contributed by atoms with Gasteiger partial charge in [-0.25, -0.2) is 9.78 Å². The van der Waals surface area contributed by atoms with Crippen LogP contribution in [0.3, 0.4) is 0 Å². The lowest BCUT2D eigenvalue weighted by molar-refractivity contribution is -0.147. The SMILES string of the molecule is C[C@@H](O)[C@H](NC(=O)[C@@H]1CCCN1C(=O)[C@H](CO)NC(=O)[C@H](CO)NC(=O)[C@H](Cc1cnc[nH]1)NC(=O)[C@@H](NC(=O)[C@@H](N)CCCN=C(N)N)[C@@H](C)O)C(=O)O. The summed E-state index contributed by atoms with van der Waals surface area (Å²) >= 11 is 0. The number of carbonyl (C=O) groups is 7. The molecule has 1 fully saturated rings. The molecule has 1 aromatic rings. The van der Waals surface area contributed by atoms with Crippen LogP contribution in [0.4, 0.5) is 0 Å². The zero-order valence-corrected chi connectivity index (χ0v) is 30.4. The molecule has 1 aliphatic rings. The number of H-pyrrole nitrogens is 1. The van der Waals surface area contributed by atoms with Gasteiger partial charge in [0, 0.05) is 31.4 Å². The second kappa shape index (κ2) is 22.1. The molecule has 0 bridgehead atoms. The lowest BCUT2D eigenvalue weighted by Gasteiger charge is -2.30. The van der Waals surface area contributed by atoms with Gasteiger partial charge in [-0.2, -0.15) is 0 Å². The van der Waals surface area contributed by atoms with Crippen molar-refractivity contribution in [2.45, 2.75) is 100 Å². The standard InChI is InChI=1S/C31H52N12O12/c1-14(46)22(41-24(48)17(32)5-3-7-36-31(33)34)28(52)38-18(9-16-10-35-13-37-16)25(49)39-19(11-44)26(50)40-20(12-45)29(53)43-8-4-6-21(43)27(51)42-23(15(2)47)30(54)55/h10,13-15,17-23,44-47H,3-9,11-12,32H2,1-2H3,(H,35,37)(H,38,52)(H,39,49)(H,40,50)(H,41,48)(H,42,51)(H,54,55)(H4,33,34,36)/t14-,15-,17+,18+,19+,20+,21+,22+,23+/m1/s1. The second-order valence-electron chi connectivity index (χ2n) is 12.9. The third-order valence-electron chi connectivity index (χ3n) is 8.48. The van der Waals surface area contributed by atoms with Crippen molar-refractivity contribution in [1.29, 1.82) is 0 Å². The zero-order chi connectivity index (χ0) is 41.4. The second-order valence-corrected chi connectivity index (χ2v) is 12.9. The number of likely N-dealkylation sites (tertiary alicyclic amines) is 1. The van der Waals surface area contributed by atoms with Crippen LogP contribution in [-0.4, -0.2) is 169 Å². The molecule has 0 radical (unpaired) electrons. The van der Waals surface area contributed by atoms with Crippen molar-refractivity contribution >= 4 is 47.4 Å². The lowest BCUT2D eigenvalue weighted by atomic mass is 10.1. The number of aromatic amines is 1. The van der Waals surface area contributed by atoms with Gasteiger partial charge in [-0.15, -0.1) is 0 Å². The van der Waals surface area contributed by atoms with Crippen LogP contribution in [-0.2, 0) is 40.0 Å². The van der Waals surface area contributed by atoms with Gasteiger partial charge in [-0.3, -0.25) is 33.8 Å². The Hall–Kier alpha value is -5.43. The normalized spacial score (nSPS) is 18.2. The molecule has 6 amide bonds. The molecule has 1 aliphatic heterocycles. The zero-order valence-electron chi connectivity index (χ0n) is 30.4. The predicted molar refractivity (Wildman–Crippen MR) is 190 cm³/mol. The molecule has 24 nitrogen and oxygen atoms in total. The van der Waals surface area contributed by atoms with Crippen LogP contribution in [0.15, 0.2) is 17.5 Å². The summed E-state index contributed by atoms with van der Waals surface area (Å²) in [6.07, 6.45) is 0.322. The van der Waals surface area contributed by atoms with Crippen molar-refractivity contribution in [2.75, 3.05) is 26.3 Å². The van der Waals surface area contributed by atoms with Crippen molar-refractivity contribution in [3.8, 4) is 0 Å². The number of nitrogens with zero attached hydrogens (tertiary/aromatic N) is 3. The molecule has 0 aliphatic carbocycles. The molecule has 0 saturated carbocycles. The molecule has 24 heteroatoms. The number of aromatic nitrogens is 2. The van der Waals surface area contributed by atoms with Crippen LogP contribution in [0.5, 0.6) is 0 Å². The van der Waals surface area contributed by atoms with E-state index in [1.54, 1.807) is 0 Å². The first-order valence-corrected chi connectivity index (χ1v) is 17.3. The Morgan fingerprint density at radius 1 is 0.891 bits per heavy atom. The van der Waals surface area contributed by atoms with Gasteiger partial charge in [0.2, 0.25) is 35.4 Å². The van der Waals surface area contributed by atoms with Crippen molar-refractivity contribution in [2.24, 2.45) is 22.2 Å². The highest BCUT2D eigenvalue weighted by molar-refractivity contribution is 5.97. The third-order valence-corrected chi connectivity index (χ3v) is 8.48. The quantitative estimate of drug-likeness (QED) is 0.0295. The minimum Gasteiger partial charge on any atom is -0.480 e. The van der Waals surface area contributed by atoms with Crippen LogP contribution in [0.1, 0.15) is 45.2 Å². The number of guanidine groups is 1. The molecular weight excluding hydrogens is 732 g/mol. The van der Waals surface area contributed by atoms with Gasteiger partial charge in [0.15, 0.2) is 12.0 Å². The first kappa shape index (κ1) is 45.7. The number of amides is 6. The first-order valence-electron chi connectivity index (χ1n) is 17.3. The van der Waals surface area contributed by atoms with E-state index >= 15 is 0 Å². The highest BCUT2D eigenvalue weighted by atomic mass is 16.4. The van der Waals surface area contributed by atoms with Crippen LogP contribution in [0, 0.1) is 0 Å². The number of aliphatic hydroxyl groups excluding tert-OH is 4. The number of carbonyl (C=O) groups excluding carboxylic acids is 6. The molecule has 0 unspecified atom stereocenters. The molecule has 0 spiro atoms. The molecule has 17 N–H and O–H groups in total. The maximum absolute atomic E-state index is 13.5. The number of rotatable bonds is 22. The van der Waals surface area contributed by atoms with Gasteiger partial charge in [0.1, 0.15) is 30.2 Å². The van der Waals surface area contributed by atoms with E-state index in [4.69, 9.17) is 17.2 Å². The molecule has 1 saturated heterocycles. The number of hydrogen-bond donors (Lipinski definition) is 14. The highest BCUT2D eigenvalue weighted by Crippen LogP contribution is 2.19. The Bertz CT molecular complexity index is 1500. The predicted octanol–water partition coefficient (Wildman–Crippen LogP) is -7.42. The summed E-state index contributed by atoms with van der Waals surface area (Å²) in [5.74, 6) is -7.44. The molecule has 9 atom stereocenters. The van der Waals surface area contributed by atoms with Crippen LogP contribution in [0.25, 0.3) is 0 Å². The summed E-state index contributed by atoms with van der Waals surface area (Å²) in [5, 5.41) is 60.8. The van der Waals surface area contributed by atoms with Crippen molar-refractivity contribution in [1.82, 2.24) is 41.5 Å². The molecule has 308 valence electrons.